The highest BCUT2D eigenvalue weighted by atomic mass is 16.6. The van der Waals surface area contributed by atoms with Crippen LogP contribution in [0.25, 0.3) is 0 Å². The van der Waals surface area contributed by atoms with Crippen LogP contribution in [0.2, 0.25) is 0 Å². The van der Waals surface area contributed by atoms with E-state index in [-0.39, 0.29) is 18.1 Å². The van der Waals surface area contributed by atoms with Crippen LogP contribution in [0.5, 0.6) is 5.75 Å². The van der Waals surface area contributed by atoms with E-state index in [1.165, 1.54) is 16.7 Å². The minimum atomic E-state index is -0.513. The predicted octanol–water partition coefficient (Wildman–Crippen LogP) is 6.04. The number of hydrogen-bond donors (Lipinski definition) is 1. The molecule has 0 saturated carbocycles. The summed E-state index contributed by atoms with van der Waals surface area (Å²) < 4.78 is 11.4. The minimum absolute atomic E-state index is 0.0104. The molecule has 0 bridgehead atoms. The van der Waals surface area contributed by atoms with Crippen molar-refractivity contribution in [1.29, 1.82) is 0 Å². The Morgan fingerprint density at radius 2 is 1.59 bits per heavy atom. The molecular weight excluding hydrogens is 398 g/mol. The molecule has 4 heteroatoms. The molecule has 1 aliphatic rings. The first-order valence-corrected chi connectivity index (χ1v) is 11.2. The second kappa shape index (κ2) is 9.47. The van der Waals surface area contributed by atoms with Crippen LogP contribution in [-0.2, 0) is 24.2 Å². The Kier molecular flexibility index (Phi) is 6.50. The molecule has 0 aliphatic heterocycles. The summed E-state index contributed by atoms with van der Waals surface area (Å²) in [6.45, 7) is 6.21. The maximum absolute atomic E-state index is 12.4. The molecule has 0 unspecified atom stereocenters. The highest BCUT2D eigenvalue weighted by Gasteiger charge is 2.34. The van der Waals surface area contributed by atoms with E-state index in [9.17, 15) is 4.79 Å². The summed E-state index contributed by atoms with van der Waals surface area (Å²) in [4.78, 5) is 12.4. The summed E-state index contributed by atoms with van der Waals surface area (Å²) in [6.07, 6.45) is 1.30. The first kappa shape index (κ1) is 21.9. The average Bonchev–Trinajstić information content (AvgIpc) is 3.09. The molecular formula is C28H31NO3. The maximum atomic E-state index is 12.4. The van der Waals surface area contributed by atoms with E-state index in [0.717, 1.165) is 24.2 Å². The number of ether oxygens (including phenoxy) is 2. The van der Waals surface area contributed by atoms with Gasteiger partial charge in [0, 0.05) is 12.0 Å². The molecule has 3 aromatic carbocycles. The number of hydrogen-bond acceptors (Lipinski definition) is 3. The summed E-state index contributed by atoms with van der Waals surface area (Å²) in [6, 6.07) is 26.9. The van der Waals surface area contributed by atoms with Crippen molar-refractivity contribution in [2.24, 2.45) is 0 Å². The Bertz CT molecular complexity index is 1040. The highest BCUT2D eigenvalue weighted by Crippen LogP contribution is 2.36. The molecule has 0 fully saturated rings. The second-order valence-corrected chi connectivity index (χ2v) is 9.38. The topological polar surface area (TPSA) is 47.6 Å². The van der Waals surface area contributed by atoms with Crippen molar-refractivity contribution < 1.29 is 14.3 Å². The van der Waals surface area contributed by atoms with Gasteiger partial charge in [-0.2, -0.15) is 0 Å². The highest BCUT2D eigenvalue weighted by molar-refractivity contribution is 5.68. The molecule has 4 rings (SSSR count). The van der Waals surface area contributed by atoms with Crippen LogP contribution in [0.4, 0.5) is 4.79 Å². The van der Waals surface area contributed by atoms with Crippen molar-refractivity contribution in [2.75, 3.05) is 0 Å². The predicted molar refractivity (Wildman–Crippen MR) is 127 cm³/mol. The molecule has 4 nitrogen and oxygen atoms in total. The molecule has 2 atom stereocenters. The standard InChI is InChI=1S/C28H31NO3/c1-28(2,3)32-27(30)29-26-18-22-11-7-8-12-24(22)25(26)17-20-13-15-23(16-14-20)31-19-21-9-5-4-6-10-21/h4-16,25-26H,17-19H2,1-3H3,(H,29,30)/t25-,26+/m0/s1. The molecule has 0 spiro atoms. The number of benzene rings is 3. The summed E-state index contributed by atoms with van der Waals surface area (Å²) >= 11 is 0. The van der Waals surface area contributed by atoms with Crippen LogP contribution in [0.15, 0.2) is 78.9 Å². The molecule has 0 heterocycles. The second-order valence-electron chi connectivity index (χ2n) is 9.38. The number of amides is 1. The Morgan fingerprint density at radius 3 is 2.31 bits per heavy atom. The van der Waals surface area contributed by atoms with E-state index >= 15 is 0 Å². The lowest BCUT2D eigenvalue weighted by atomic mass is 9.91. The van der Waals surface area contributed by atoms with Gasteiger partial charge < -0.3 is 14.8 Å². The average molecular weight is 430 g/mol. The van der Waals surface area contributed by atoms with Gasteiger partial charge in [-0.1, -0.05) is 66.7 Å². The molecule has 0 aromatic heterocycles. The quantitative estimate of drug-likeness (QED) is 0.519. The van der Waals surface area contributed by atoms with Crippen LogP contribution in [0.3, 0.4) is 0 Å². The van der Waals surface area contributed by atoms with Gasteiger partial charge in [0.25, 0.3) is 0 Å². The number of alkyl carbamates (subject to hydrolysis) is 1. The third-order valence-corrected chi connectivity index (χ3v) is 5.71. The molecule has 1 aliphatic carbocycles. The van der Waals surface area contributed by atoms with Crippen molar-refractivity contribution in [1.82, 2.24) is 5.32 Å². The number of nitrogens with one attached hydrogen (secondary N) is 1. The van der Waals surface area contributed by atoms with Crippen molar-refractivity contribution in [2.45, 2.75) is 57.8 Å². The molecule has 32 heavy (non-hydrogen) atoms. The zero-order valence-corrected chi connectivity index (χ0v) is 19.0. The molecule has 1 N–H and O–H groups in total. The van der Waals surface area contributed by atoms with Gasteiger partial charge in [-0.05, 0) is 68.0 Å². The summed E-state index contributed by atoms with van der Waals surface area (Å²) in [7, 11) is 0. The third kappa shape index (κ3) is 5.70. The van der Waals surface area contributed by atoms with Crippen LogP contribution in [0.1, 0.15) is 48.9 Å². The van der Waals surface area contributed by atoms with Crippen molar-refractivity contribution in [3.63, 3.8) is 0 Å². The zero-order chi connectivity index (χ0) is 22.6. The van der Waals surface area contributed by atoms with E-state index in [1.54, 1.807) is 0 Å². The largest absolute Gasteiger partial charge is 0.489 e. The minimum Gasteiger partial charge on any atom is -0.489 e. The Morgan fingerprint density at radius 1 is 0.906 bits per heavy atom. The smallest absolute Gasteiger partial charge is 0.407 e. The lowest BCUT2D eigenvalue weighted by Crippen LogP contribution is -2.41. The van der Waals surface area contributed by atoms with Crippen LogP contribution in [-0.4, -0.2) is 17.7 Å². The Hall–Kier alpha value is -3.27. The number of rotatable bonds is 6. The van der Waals surface area contributed by atoms with Crippen molar-refractivity contribution >= 4 is 6.09 Å². The molecule has 166 valence electrons. The van der Waals surface area contributed by atoms with Crippen molar-refractivity contribution in [3.8, 4) is 5.75 Å². The molecule has 0 radical (unpaired) electrons. The summed E-state index contributed by atoms with van der Waals surface area (Å²) in [5.74, 6) is 1.06. The summed E-state index contributed by atoms with van der Waals surface area (Å²) in [5.41, 5.74) is 4.45. The van der Waals surface area contributed by atoms with Gasteiger partial charge in [0.1, 0.15) is 18.0 Å². The van der Waals surface area contributed by atoms with Gasteiger partial charge in [0.15, 0.2) is 0 Å². The van der Waals surface area contributed by atoms with Gasteiger partial charge >= 0.3 is 6.09 Å². The first-order chi connectivity index (χ1) is 15.4. The number of carbonyl (C=O) groups is 1. The van der Waals surface area contributed by atoms with Gasteiger partial charge in [-0.3, -0.25) is 0 Å². The van der Waals surface area contributed by atoms with E-state index in [0.29, 0.717) is 6.61 Å². The Labute approximate surface area is 190 Å². The Balaban J connectivity index is 1.43. The van der Waals surface area contributed by atoms with Crippen LogP contribution >= 0.6 is 0 Å². The van der Waals surface area contributed by atoms with E-state index in [4.69, 9.17) is 9.47 Å². The van der Waals surface area contributed by atoms with Crippen molar-refractivity contribution in [3.05, 3.63) is 101 Å². The monoisotopic (exact) mass is 429 g/mol. The molecule has 1 amide bonds. The molecule has 0 saturated heterocycles. The van der Waals surface area contributed by atoms with E-state index < -0.39 is 5.60 Å². The number of carbonyl (C=O) groups excluding carboxylic acids is 1. The lowest BCUT2D eigenvalue weighted by Gasteiger charge is -2.25. The van der Waals surface area contributed by atoms with Gasteiger partial charge in [0.05, 0.1) is 0 Å². The molecule has 3 aromatic rings. The first-order valence-electron chi connectivity index (χ1n) is 11.2. The van der Waals surface area contributed by atoms with E-state index in [1.807, 2.05) is 51.1 Å². The summed E-state index contributed by atoms with van der Waals surface area (Å²) in [5, 5.41) is 3.12. The fraction of sp³-hybridized carbons (Fsp3) is 0.321. The maximum Gasteiger partial charge on any atom is 0.407 e. The van der Waals surface area contributed by atoms with Gasteiger partial charge in [0.2, 0.25) is 0 Å². The fourth-order valence-corrected chi connectivity index (χ4v) is 4.26. The SMILES string of the molecule is CC(C)(C)OC(=O)N[C@@H]1Cc2ccccc2[C@@H]1Cc1ccc(OCc2ccccc2)cc1. The van der Waals surface area contributed by atoms with Gasteiger partial charge in [-0.25, -0.2) is 4.79 Å². The number of fused-ring (bicyclic) bond motifs is 1. The normalized spacial score (nSPS) is 17.5. The van der Waals surface area contributed by atoms with Crippen LogP contribution in [0, 0.1) is 0 Å². The lowest BCUT2D eigenvalue weighted by molar-refractivity contribution is 0.0499. The van der Waals surface area contributed by atoms with E-state index in [2.05, 4.69) is 53.8 Å². The zero-order valence-electron chi connectivity index (χ0n) is 19.0. The van der Waals surface area contributed by atoms with Gasteiger partial charge in [-0.15, -0.1) is 0 Å². The fourth-order valence-electron chi connectivity index (χ4n) is 4.26. The van der Waals surface area contributed by atoms with Crippen LogP contribution < -0.4 is 10.1 Å². The third-order valence-electron chi connectivity index (χ3n) is 5.71.